The highest BCUT2D eigenvalue weighted by molar-refractivity contribution is 6.83. The average molecular weight is 274 g/mol. The Labute approximate surface area is 119 Å². The molecular weight excluding hydrogens is 248 g/mol. The van der Waals surface area contributed by atoms with Crippen molar-refractivity contribution in [2.45, 2.75) is 52.2 Å². The van der Waals surface area contributed by atoms with Crippen LogP contribution in [0.5, 0.6) is 5.75 Å². The van der Waals surface area contributed by atoms with Crippen LogP contribution in [0.4, 0.5) is 0 Å². The zero-order chi connectivity index (χ0) is 14.3. The molecule has 0 N–H and O–H groups in total. The van der Waals surface area contributed by atoms with Gasteiger partial charge < -0.3 is 4.74 Å². The molecule has 1 rings (SSSR count). The van der Waals surface area contributed by atoms with Gasteiger partial charge in [0.15, 0.2) is 0 Å². The first-order chi connectivity index (χ1) is 8.92. The van der Waals surface area contributed by atoms with Crippen molar-refractivity contribution >= 4 is 8.07 Å². The van der Waals surface area contributed by atoms with Gasteiger partial charge in [-0.3, -0.25) is 0 Å². The van der Waals surface area contributed by atoms with Gasteiger partial charge in [0.2, 0.25) is 0 Å². The fraction of sp³-hybridized carbons (Fsp3) is 0.529. The molecule has 1 aromatic rings. The molecule has 2 heteroatoms. The van der Waals surface area contributed by atoms with Gasteiger partial charge >= 0.3 is 0 Å². The van der Waals surface area contributed by atoms with E-state index >= 15 is 0 Å². The van der Waals surface area contributed by atoms with Crippen molar-refractivity contribution in [3.05, 3.63) is 29.3 Å². The third kappa shape index (κ3) is 6.49. The van der Waals surface area contributed by atoms with E-state index in [0.29, 0.717) is 0 Å². The predicted octanol–water partition coefficient (Wildman–Crippen LogP) is 4.60. The molecule has 0 unspecified atom stereocenters. The van der Waals surface area contributed by atoms with E-state index in [4.69, 9.17) is 4.74 Å². The quantitative estimate of drug-likeness (QED) is 0.433. The first-order valence-corrected chi connectivity index (χ1v) is 10.6. The molecule has 0 heterocycles. The van der Waals surface area contributed by atoms with E-state index in [1.165, 1.54) is 24.0 Å². The highest BCUT2D eigenvalue weighted by Gasteiger charge is 2.06. The van der Waals surface area contributed by atoms with Gasteiger partial charge in [-0.15, -0.1) is 11.5 Å². The Bertz CT molecular complexity index is 460. The molecule has 0 fully saturated rings. The zero-order valence-corrected chi connectivity index (χ0v) is 14.0. The molecule has 104 valence electrons. The van der Waals surface area contributed by atoms with Crippen LogP contribution in [0.2, 0.25) is 19.6 Å². The topological polar surface area (TPSA) is 9.23 Å². The van der Waals surface area contributed by atoms with Crippen LogP contribution in [-0.4, -0.2) is 15.2 Å². The van der Waals surface area contributed by atoms with Gasteiger partial charge in [-0.1, -0.05) is 25.7 Å². The number of methoxy groups -OCH3 is 1. The molecule has 1 nitrogen and oxygen atoms in total. The summed E-state index contributed by atoms with van der Waals surface area (Å²) in [5.41, 5.74) is 6.18. The van der Waals surface area contributed by atoms with Crippen LogP contribution in [0.25, 0.3) is 0 Å². The molecule has 0 aromatic heterocycles. The van der Waals surface area contributed by atoms with Crippen LogP contribution in [0.1, 0.15) is 30.4 Å². The molecule has 19 heavy (non-hydrogen) atoms. The second-order valence-corrected chi connectivity index (χ2v) is 10.8. The van der Waals surface area contributed by atoms with Crippen molar-refractivity contribution in [2.75, 3.05) is 7.11 Å². The van der Waals surface area contributed by atoms with Gasteiger partial charge in [0.25, 0.3) is 0 Å². The van der Waals surface area contributed by atoms with Crippen LogP contribution in [-0.2, 0) is 6.42 Å². The maximum Gasteiger partial charge on any atom is 0.129 e. The smallest absolute Gasteiger partial charge is 0.129 e. The summed E-state index contributed by atoms with van der Waals surface area (Å²) in [6.45, 7) is 9.03. The van der Waals surface area contributed by atoms with E-state index in [1.807, 2.05) is 6.07 Å². The van der Waals surface area contributed by atoms with Crippen molar-refractivity contribution in [3.8, 4) is 17.2 Å². The number of benzene rings is 1. The molecule has 0 saturated carbocycles. The summed E-state index contributed by atoms with van der Waals surface area (Å²) in [6, 6.07) is 6.34. The minimum absolute atomic E-state index is 0.947. The number of ether oxygens (including phenoxy) is 1. The Morgan fingerprint density at radius 2 is 1.89 bits per heavy atom. The van der Waals surface area contributed by atoms with Crippen molar-refractivity contribution in [1.29, 1.82) is 0 Å². The molecule has 0 atom stereocenters. The first-order valence-electron chi connectivity index (χ1n) is 7.06. The number of hydrogen-bond donors (Lipinski definition) is 0. The summed E-state index contributed by atoms with van der Waals surface area (Å²) in [7, 11) is 0.538. The van der Waals surface area contributed by atoms with Gasteiger partial charge in [-0.05, 0) is 49.4 Å². The Morgan fingerprint density at radius 1 is 1.16 bits per heavy atom. The lowest BCUT2D eigenvalue weighted by atomic mass is 10.0. The Morgan fingerprint density at radius 3 is 2.47 bits per heavy atom. The van der Waals surface area contributed by atoms with Gasteiger partial charge in [-0.2, -0.15) is 0 Å². The maximum absolute atomic E-state index is 5.23. The van der Waals surface area contributed by atoms with E-state index in [-0.39, 0.29) is 0 Å². The average Bonchev–Trinajstić information content (AvgIpc) is 2.33. The molecule has 0 aliphatic carbocycles. The van der Waals surface area contributed by atoms with Crippen LogP contribution < -0.4 is 4.74 Å². The Hall–Kier alpha value is -1.20. The van der Waals surface area contributed by atoms with E-state index in [0.717, 1.165) is 18.6 Å². The largest absolute Gasteiger partial charge is 0.497 e. The monoisotopic (exact) mass is 274 g/mol. The lowest BCUT2D eigenvalue weighted by molar-refractivity contribution is 0.414. The minimum Gasteiger partial charge on any atom is -0.497 e. The highest BCUT2D eigenvalue weighted by atomic mass is 28.3. The fourth-order valence-electron chi connectivity index (χ4n) is 1.93. The van der Waals surface area contributed by atoms with Crippen molar-refractivity contribution in [3.63, 3.8) is 0 Å². The van der Waals surface area contributed by atoms with Crippen LogP contribution in [0.15, 0.2) is 18.2 Å². The molecule has 0 aliphatic heterocycles. The van der Waals surface area contributed by atoms with Crippen LogP contribution >= 0.6 is 0 Å². The van der Waals surface area contributed by atoms with Crippen molar-refractivity contribution in [1.82, 2.24) is 0 Å². The molecular formula is C17H26OSi. The second kappa shape index (κ2) is 7.40. The lowest BCUT2D eigenvalue weighted by Crippen LogP contribution is -2.16. The summed E-state index contributed by atoms with van der Waals surface area (Å²) in [4.78, 5) is 0. The summed E-state index contributed by atoms with van der Waals surface area (Å²) in [5, 5.41) is 0. The SMILES string of the molecule is COc1ccc(CCCCC#C[Si](C)(C)C)c(C)c1. The second-order valence-electron chi connectivity index (χ2n) is 6.05. The van der Waals surface area contributed by atoms with Gasteiger partial charge in [0, 0.05) is 6.42 Å². The van der Waals surface area contributed by atoms with Crippen molar-refractivity contribution < 1.29 is 4.74 Å². The fourth-order valence-corrected chi connectivity index (χ4v) is 2.59. The molecule has 0 spiro atoms. The predicted molar refractivity (Wildman–Crippen MR) is 86.4 cm³/mol. The number of hydrogen-bond acceptors (Lipinski definition) is 1. The van der Waals surface area contributed by atoms with E-state index in [9.17, 15) is 0 Å². The molecule has 0 saturated heterocycles. The molecule has 1 aromatic carbocycles. The first kappa shape index (κ1) is 15.9. The van der Waals surface area contributed by atoms with E-state index in [2.05, 4.69) is 50.2 Å². The molecule has 0 bridgehead atoms. The van der Waals surface area contributed by atoms with Crippen molar-refractivity contribution in [2.24, 2.45) is 0 Å². The summed E-state index contributed by atoms with van der Waals surface area (Å²) >= 11 is 0. The summed E-state index contributed by atoms with van der Waals surface area (Å²) in [6.07, 6.45) is 4.60. The number of unbranched alkanes of at least 4 members (excludes halogenated alkanes) is 2. The van der Waals surface area contributed by atoms with E-state index < -0.39 is 8.07 Å². The Balaban J connectivity index is 2.35. The van der Waals surface area contributed by atoms with Crippen LogP contribution in [0.3, 0.4) is 0 Å². The molecule has 0 aliphatic rings. The standard InChI is InChI=1S/C17H26OSi/c1-15-14-17(18-2)12-11-16(15)10-8-6-7-9-13-19(3,4)5/h11-12,14H,6-8,10H2,1-5H3. The Kier molecular flexibility index (Phi) is 6.18. The number of aryl methyl sites for hydroxylation is 2. The summed E-state index contributed by atoms with van der Waals surface area (Å²) in [5.74, 6) is 4.28. The van der Waals surface area contributed by atoms with E-state index in [1.54, 1.807) is 7.11 Å². The van der Waals surface area contributed by atoms with Gasteiger partial charge in [0.1, 0.15) is 13.8 Å². The minimum atomic E-state index is -1.18. The van der Waals surface area contributed by atoms with Crippen LogP contribution in [0, 0.1) is 18.4 Å². The molecule has 0 radical (unpaired) electrons. The number of rotatable bonds is 5. The third-order valence-electron chi connectivity index (χ3n) is 3.01. The normalized spacial score (nSPS) is 10.8. The maximum atomic E-state index is 5.23. The third-order valence-corrected chi connectivity index (χ3v) is 3.94. The van der Waals surface area contributed by atoms with Gasteiger partial charge in [0.05, 0.1) is 7.11 Å². The zero-order valence-electron chi connectivity index (χ0n) is 13.0. The lowest BCUT2D eigenvalue weighted by Gasteiger charge is -2.07. The summed E-state index contributed by atoms with van der Waals surface area (Å²) < 4.78 is 5.23. The molecule has 0 amide bonds. The highest BCUT2D eigenvalue weighted by Crippen LogP contribution is 2.18. The van der Waals surface area contributed by atoms with Gasteiger partial charge in [-0.25, -0.2) is 0 Å².